The monoisotopic (exact) mass is 229 g/mol. The van der Waals surface area contributed by atoms with Gasteiger partial charge in [-0.3, -0.25) is 4.79 Å². The summed E-state index contributed by atoms with van der Waals surface area (Å²) in [5.74, 6) is -0.310. The van der Waals surface area contributed by atoms with Crippen molar-refractivity contribution < 1.29 is 14.7 Å². The number of hydrogen-bond donors (Lipinski definition) is 4. The summed E-state index contributed by atoms with van der Waals surface area (Å²) in [5.41, 5.74) is 4.42. The van der Waals surface area contributed by atoms with Crippen molar-refractivity contribution >= 4 is 11.9 Å². The number of carbonyl (C=O) groups excluding carboxylic acids is 2. The summed E-state index contributed by atoms with van der Waals surface area (Å²) in [6.07, 6.45) is 3.55. The van der Waals surface area contributed by atoms with Gasteiger partial charge in [0.15, 0.2) is 0 Å². The molecule has 0 bridgehead atoms. The molecule has 1 fully saturated rings. The molecule has 0 spiro atoms. The lowest BCUT2D eigenvalue weighted by molar-refractivity contribution is -0.125. The number of hydrogen-bond acceptors (Lipinski definition) is 3. The molecule has 0 aliphatic heterocycles. The van der Waals surface area contributed by atoms with Crippen molar-refractivity contribution in [2.24, 2.45) is 5.73 Å². The van der Waals surface area contributed by atoms with Crippen LogP contribution in [-0.2, 0) is 4.79 Å². The largest absolute Gasteiger partial charge is 0.394 e. The van der Waals surface area contributed by atoms with Crippen LogP contribution in [0.5, 0.6) is 0 Å². The molecule has 5 N–H and O–H groups in total. The van der Waals surface area contributed by atoms with Crippen LogP contribution in [-0.4, -0.2) is 35.2 Å². The Morgan fingerprint density at radius 1 is 1.44 bits per heavy atom. The van der Waals surface area contributed by atoms with Crippen LogP contribution < -0.4 is 16.4 Å². The number of primary amides is 1. The quantitative estimate of drug-likeness (QED) is 0.520. The van der Waals surface area contributed by atoms with Crippen LogP contribution in [0, 0.1) is 0 Å². The lowest BCUT2D eigenvalue weighted by atomic mass is 9.98. The molecule has 6 nitrogen and oxygen atoms in total. The van der Waals surface area contributed by atoms with E-state index in [1.165, 1.54) is 0 Å². The van der Waals surface area contributed by atoms with E-state index >= 15 is 0 Å². The number of nitrogens with one attached hydrogen (secondary N) is 2. The SMILES string of the molecule is CC(NC(N)=O)C(=O)NC1(CO)CCCC1. The molecule has 0 aromatic heterocycles. The van der Waals surface area contributed by atoms with Gasteiger partial charge in [0.25, 0.3) is 0 Å². The molecule has 0 aromatic carbocycles. The number of nitrogens with two attached hydrogens (primary N) is 1. The molecule has 6 heteroatoms. The molecule has 92 valence electrons. The zero-order chi connectivity index (χ0) is 12.2. The Morgan fingerprint density at radius 2 is 2.00 bits per heavy atom. The maximum Gasteiger partial charge on any atom is 0.312 e. The van der Waals surface area contributed by atoms with Crippen LogP contribution in [0.15, 0.2) is 0 Å². The summed E-state index contributed by atoms with van der Waals surface area (Å²) in [6, 6.07) is -1.41. The molecule has 1 aliphatic rings. The van der Waals surface area contributed by atoms with E-state index < -0.39 is 17.6 Å². The Hall–Kier alpha value is -1.30. The normalized spacial score (nSPS) is 20.1. The fourth-order valence-corrected chi connectivity index (χ4v) is 2.02. The minimum Gasteiger partial charge on any atom is -0.394 e. The molecule has 1 atom stereocenters. The predicted molar refractivity (Wildman–Crippen MR) is 58.6 cm³/mol. The summed E-state index contributed by atoms with van der Waals surface area (Å²) >= 11 is 0. The highest BCUT2D eigenvalue weighted by Gasteiger charge is 2.35. The number of carbonyl (C=O) groups is 2. The Morgan fingerprint density at radius 3 is 2.44 bits per heavy atom. The summed E-state index contributed by atoms with van der Waals surface area (Å²) < 4.78 is 0. The first-order chi connectivity index (χ1) is 7.49. The van der Waals surface area contributed by atoms with Crippen molar-refractivity contribution in [2.45, 2.75) is 44.2 Å². The number of amides is 3. The van der Waals surface area contributed by atoms with Crippen LogP contribution in [0.2, 0.25) is 0 Å². The third kappa shape index (κ3) is 3.10. The zero-order valence-electron chi connectivity index (χ0n) is 9.45. The summed E-state index contributed by atoms with van der Waals surface area (Å²) in [7, 11) is 0. The molecule has 1 unspecified atom stereocenters. The summed E-state index contributed by atoms with van der Waals surface area (Å²) in [4.78, 5) is 22.3. The van der Waals surface area contributed by atoms with E-state index in [0.29, 0.717) is 0 Å². The topological polar surface area (TPSA) is 104 Å². The summed E-state index contributed by atoms with van der Waals surface area (Å²) in [5, 5.41) is 14.4. The second-order valence-electron chi connectivity index (χ2n) is 4.37. The second-order valence-corrected chi connectivity index (χ2v) is 4.37. The second kappa shape index (κ2) is 5.16. The van der Waals surface area contributed by atoms with Gasteiger partial charge in [-0.15, -0.1) is 0 Å². The molecule has 0 heterocycles. The Kier molecular flexibility index (Phi) is 4.12. The molecular weight excluding hydrogens is 210 g/mol. The van der Waals surface area contributed by atoms with Crippen molar-refractivity contribution in [2.75, 3.05) is 6.61 Å². The lowest BCUT2D eigenvalue weighted by Gasteiger charge is -2.29. The minimum absolute atomic E-state index is 0.0674. The average molecular weight is 229 g/mol. The van der Waals surface area contributed by atoms with Gasteiger partial charge in [-0.25, -0.2) is 4.79 Å². The number of aliphatic hydroxyl groups excluding tert-OH is 1. The Labute approximate surface area is 94.6 Å². The molecule has 0 radical (unpaired) electrons. The van der Waals surface area contributed by atoms with E-state index in [9.17, 15) is 14.7 Å². The van der Waals surface area contributed by atoms with Gasteiger partial charge in [0.1, 0.15) is 6.04 Å². The highest BCUT2D eigenvalue weighted by atomic mass is 16.3. The van der Waals surface area contributed by atoms with Crippen LogP contribution >= 0.6 is 0 Å². The van der Waals surface area contributed by atoms with Crippen LogP contribution in [0.1, 0.15) is 32.6 Å². The smallest absolute Gasteiger partial charge is 0.312 e. The van der Waals surface area contributed by atoms with E-state index in [-0.39, 0.29) is 12.5 Å². The maximum absolute atomic E-state index is 11.7. The number of urea groups is 1. The van der Waals surface area contributed by atoms with E-state index in [1.807, 2.05) is 0 Å². The molecule has 16 heavy (non-hydrogen) atoms. The van der Waals surface area contributed by atoms with Gasteiger partial charge < -0.3 is 21.5 Å². The number of rotatable bonds is 4. The Bertz CT molecular complexity index is 274. The third-order valence-electron chi connectivity index (χ3n) is 3.00. The Balaban J connectivity index is 2.51. The molecule has 1 aliphatic carbocycles. The molecule has 3 amide bonds. The van der Waals surface area contributed by atoms with Gasteiger partial charge in [0, 0.05) is 0 Å². The predicted octanol–water partition coefficient (Wildman–Crippen LogP) is -0.535. The van der Waals surface area contributed by atoms with Crippen molar-refractivity contribution in [3.8, 4) is 0 Å². The first-order valence-corrected chi connectivity index (χ1v) is 5.48. The van der Waals surface area contributed by atoms with E-state index in [1.54, 1.807) is 6.92 Å². The first-order valence-electron chi connectivity index (χ1n) is 5.48. The number of aliphatic hydroxyl groups is 1. The standard InChI is InChI=1S/C10H19N3O3/c1-7(12-9(11)16)8(15)13-10(6-14)4-2-3-5-10/h7,14H,2-6H2,1H3,(H,13,15)(H3,11,12,16). The van der Waals surface area contributed by atoms with Crippen LogP contribution in [0.3, 0.4) is 0 Å². The van der Waals surface area contributed by atoms with Gasteiger partial charge >= 0.3 is 6.03 Å². The van der Waals surface area contributed by atoms with Crippen molar-refractivity contribution in [3.63, 3.8) is 0 Å². The third-order valence-corrected chi connectivity index (χ3v) is 3.00. The lowest BCUT2D eigenvalue weighted by Crippen LogP contribution is -2.55. The highest BCUT2D eigenvalue weighted by molar-refractivity contribution is 5.86. The van der Waals surface area contributed by atoms with Crippen molar-refractivity contribution in [1.29, 1.82) is 0 Å². The fraction of sp³-hybridized carbons (Fsp3) is 0.800. The van der Waals surface area contributed by atoms with Gasteiger partial charge in [-0.2, -0.15) is 0 Å². The maximum atomic E-state index is 11.7. The summed E-state index contributed by atoms with van der Waals surface area (Å²) in [6.45, 7) is 1.49. The highest BCUT2D eigenvalue weighted by Crippen LogP contribution is 2.29. The fourth-order valence-electron chi connectivity index (χ4n) is 2.02. The van der Waals surface area contributed by atoms with Crippen LogP contribution in [0.25, 0.3) is 0 Å². The van der Waals surface area contributed by atoms with E-state index in [4.69, 9.17) is 5.73 Å². The van der Waals surface area contributed by atoms with Gasteiger partial charge in [0.05, 0.1) is 12.1 Å². The molecule has 1 saturated carbocycles. The minimum atomic E-state index is -0.730. The molecule has 1 rings (SSSR count). The van der Waals surface area contributed by atoms with E-state index in [0.717, 1.165) is 25.7 Å². The zero-order valence-corrected chi connectivity index (χ0v) is 9.45. The van der Waals surface area contributed by atoms with Crippen LogP contribution in [0.4, 0.5) is 4.79 Å². The molecule has 0 aromatic rings. The molecule has 0 saturated heterocycles. The van der Waals surface area contributed by atoms with Gasteiger partial charge in [-0.1, -0.05) is 12.8 Å². The van der Waals surface area contributed by atoms with Gasteiger partial charge in [0.2, 0.25) is 5.91 Å². The van der Waals surface area contributed by atoms with E-state index in [2.05, 4.69) is 10.6 Å². The van der Waals surface area contributed by atoms with Crippen molar-refractivity contribution in [1.82, 2.24) is 10.6 Å². The van der Waals surface area contributed by atoms with Gasteiger partial charge in [-0.05, 0) is 19.8 Å². The first kappa shape index (κ1) is 12.8. The molecular formula is C10H19N3O3. The average Bonchev–Trinajstić information content (AvgIpc) is 2.66. The van der Waals surface area contributed by atoms with Crippen molar-refractivity contribution in [3.05, 3.63) is 0 Å².